The Morgan fingerprint density at radius 1 is 1.07 bits per heavy atom. The molecule has 8 nitrogen and oxygen atoms in total. The van der Waals surface area contributed by atoms with E-state index in [4.69, 9.17) is 0 Å². The van der Waals surface area contributed by atoms with Crippen molar-refractivity contribution in [1.82, 2.24) is 18.9 Å². The van der Waals surface area contributed by atoms with Crippen molar-refractivity contribution < 1.29 is 9.59 Å². The summed E-state index contributed by atoms with van der Waals surface area (Å²) in [6, 6.07) is 1.63. The van der Waals surface area contributed by atoms with Crippen molar-refractivity contribution in [3.63, 3.8) is 0 Å². The first-order chi connectivity index (χ1) is 12.8. The summed E-state index contributed by atoms with van der Waals surface area (Å²) in [5.41, 5.74) is -0.911. The summed E-state index contributed by atoms with van der Waals surface area (Å²) in [7, 11) is 2.92. The molecule has 0 unspecified atom stereocenters. The Labute approximate surface area is 157 Å². The Kier molecular flexibility index (Phi) is 4.24. The Bertz CT molecular complexity index is 913. The number of likely N-dealkylation sites (tertiary alicyclic amines) is 2. The number of hydrogen-bond donors (Lipinski definition) is 0. The van der Waals surface area contributed by atoms with Crippen molar-refractivity contribution in [2.75, 3.05) is 19.6 Å². The lowest BCUT2D eigenvalue weighted by Gasteiger charge is -2.48. The number of piperidine rings is 2. The van der Waals surface area contributed by atoms with Crippen LogP contribution < -0.4 is 11.2 Å². The van der Waals surface area contributed by atoms with Gasteiger partial charge in [0.25, 0.3) is 11.5 Å². The van der Waals surface area contributed by atoms with Gasteiger partial charge in [0.05, 0.1) is 0 Å². The van der Waals surface area contributed by atoms with Crippen molar-refractivity contribution in [3.8, 4) is 0 Å². The van der Waals surface area contributed by atoms with Crippen LogP contribution in [0.4, 0.5) is 0 Å². The van der Waals surface area contributed by atoms with Crippen LogP contribution in [-0.4, -0.2) is 56.4 Å². The minimum Gasteiger partial charge on any atom is -0.339 e. The maximum Gasteiger partial charge on any atom is 0.331 e. The van der Waals surface area contributed by atoms with Crippen molar-refractivity contribution in [2.45, 2.75) is 44.6 Å². The largest absolute Gasteiger partial charge is 0.339 e. The van der Waals surface area contributed by atoms with E-state index in [9.17, 15) is 19.2 Å². The molecule has 146 valence electrons. The third-order valence-electron chi connectivity index (χ3n) is 6.38. The highest BCUT2D eigenvalue weighted by Gasteiger charge is 2.46. The van der Waals surface area contributed by atoms with Crippen molar-refractivity contribution in [1.29, 1.82) is 0 Å². The highest BCUT2D eigenvalue weighted by molar-refractivity contribution is 5.92. The summed E-state index contributed by atoms with van der Waals surface area (Å²) in [5, 5.41) is 0. The lowest BCUT2D eigenvalue weighted by molar-refractivity contribution is -0.139. The molecule has 1 spiro atoms. The van der Waals surface area contributed by atoms with Crippen molar-refractivity contribution >= 4 is 11.8 Å². The highest BCUT2D eigenvalue weighted by Crippen LogP contribution is 2.42. The van der Waals surface area contributed by atoms with E-state index in [1.54, 1.807) is 4.90 Å². The third-order valence-corrected chi connectivity index (χ3v) is 6.38. The molecule has 1 aliphatic carbocycles. The second-order valence-corrected chi connectivity index (χ2v) is 8.35. The number of hydrogen-bond acceptors (Lipinski definition) is 4. The summed E-state index contributed by atoms with van der Waals surface area (Å²) in [5.74, 6) is -0.0400. The summed E-state index contributed by atoms with van der Waals surface area (Å²) in [6.45, 7) is 1.91. The zero-order valence-corrected chi connectivity index (χ0v) is 15.9. The SMILES string of the molecule is Cn1c(C(=O)N2CCC[C@]3(CCC(=O)N(C4CC4)C3)C2)cc(=O)n(C)c1=O. The van der Waals surface area contributed by atoms with E-state index in [-0.39, 0.29) is 22.9 Å². The van der Waals surface area contributed by atoms with Crippen LogP contribution in [-0.2, 0) is 18.9 Å². The molecule has 1 aromatic rings. The molecule has 3 aliphatic rings. The van der Waals surface area contributed by atoms with Crippen LogP contribution in [0.2, 0.25) is 0 Å². The summed E-state index contributed by atoms with van der Waals surface area (Å²) < 4.78 is 2.24. The van der Waals surface area contributed by atoms with Crippen LogP contribution in [0.15, 0.2) is 15.7 Å². The van der Waals surface area contributed by atoms with Crippen LogP contribution in [0.5, 0.6) is 0 Å². The molecule has 1 saturated carbocycles. The molecule has 3 heterocycles. The minimum atomic E-state index is -0.499. The molecule has 0 bridgehead atoms. The smallest absolute Gasteiger partial charge is 0.331 e. The van der Waals surface area contributed by atoms with Crippen LogP contribution in [0.1, 0.15) is 49.0 Å². The maximum absolute atomic E-state index is 13.1. The van der Waals surface area contributed by atoms with Gasteiger partial charge < -0.3 is 9.80 Å². The number of amides is 2. The van der Waals surface area contributed by atoms with Gasteiger partial charge in [-0.1, -0.05) is 0 Å². The van der Waals surface area contributed by atoms with Gasteiger partial charge in [0.1, 0.15) is 5.69 Å². The summed E-state index contributed by atoms with van der Waals surface area (Å²) in [4.78, 5) is 53.3. The quantitative estimate of drug-likeness (QED) is 0.734. The monoisotopic (exact) mass is 374 g/mol. The van der Waals surface area contributed by atoms with E-state index in [0.29, 0.717) is 25.6 Å². The molecule has 1 aromatic heterocycles. The number of rotatable bonds is 2. The fraction of sp³-hybridized carbons (Fsp3) is 0.684. The van der Waals surface area contributed by atoms with Gasteiger partial charge >= 0.3 is 5.69 Å². The van der Waals surface area contributed by atoms with Gasteiger partial charge in [-0.25, -0.2) is 4.79 Å². The standard InChI is InChI=1S/C19H26N4O4/c1-20-14(10-16(25)21(2)18(20)27)17(26)22-9-3-7-19(11-22)8-6-15(24)23(12-19)13-4-5-13/h10,13H,3-9,11-12H2,1-2H3/t19-/m0/s1. The second kappa shape index (κ2) is 6.35. The first kappa shape index (κ1) is 18.0. The third kappa shape index (κ3) is 3.11. The predicted octanol–water partition coefficient (Wildman–Crippen LogP) is 0.0912. The zero-order valence-electron chi connectivity index (χ0n) is 15.9. The Morgan fingerprint density at radius 2 is 1.81 bits per heavy atom. The predicted molar refractivity (Wildman–Crippen MR) is 98.5 cm³/mol. The highest BCUT2D eigenvalue weighted by atomic mass is 16.2. The molecule has 0 aromatic carbocycles. The first-order valence-electron chi connectivity index (χ1n) is 9.67. The van der Waals surface area contributed by atoms with Gasteiger partial charge in [-0.3, -0.25) is 23.5 Å². The normalized spacial score (nSPS) is 25.9. The van der Waals surface area contributed by atoms with Gasteiger partial charge in [0.2, 0.25) is 5.91 Å². The minimum absolute atomic E-state index is 0.0665. The Hall–Kier alpha value is -2.38. The molecule has 4 rings (SSSR count). The molecule has 3 fully saturated rings. The molecule has 0 radical (unpaired) electrons. The Morgan fingerprint density at radius 3 is 2.52 bits per heavy atom. The number of nitrogens with zero attached hydrogens (tertiary/aromatic N) is 4. The fourth-order valence-corrected chi connectivity index (χ4v) is 4.58. The van der Waals surface area contributed by atoms with E-state index in [1.165, 1.54) is 24.7 Å². The second-order valence-electron chi connectivity index (χ2n) is 8.35. The van der Waals surface area contributed by atoms with Gasteiger partial charge in [-0.2, -0.15) is 0 Å². The van der Waals surface area contributed by atoms with E-state index in [1.807, 2.05) is 4.90 Å². The number of carbonyl (C=O) groups excluding carboxylic acids is 2. The van der Waals surface area contributed by atoms with Crippen molar-refractivity contribution in [2.24, 2.45) is 19.5 Å². The average molecular weight is 374 g/mol. The molecular weight excluding hydrogens is 348 g/mol. The maximum atomic E-state index is 13.1. The van der Waals surface area contributed by atoms with Crippen molar-refractivity contribution in [3.05, 3.63) is 32.6 Å². The number of aromatic nitrogens is 2. The van der Waals surface area contributed by atoms with Gasteiger partial charge in [0.15, 0.2) is 0 Å². The van der Waals surface area contributed by atoms with Crippen LogP contribution in [0.25, 0.3) is 0 Å². The Balaban J connectivity index is 1.58. The first-order valence-corrected chi connectivity index (χ1v) is 9.67. The van der Waals surface area contributed by atoms with E-state index in [0.717, 1.165) is 43.2 Å². The summed E-state index contributed by atoms with van der Waals surface area (Å²) in [6.07, 6.45) is 5.39. The van der Waals surface area contributed by atoms with E-state index in [2.05, 4.69) is 0 Å². The lowest BCUT2D eigenvalue weighted by atomic mass is 9.73. The van der Waals surface area contributed by atoms with Crippen LogP contribution in [0, 0.1) is 5.41 Å². The molecule has 27 heavy (non-hydrogen) atoms. The van der Waals surface area contributed by atoms with Crippen LogP contribution in [0.3, 0.4) is 0 Å². The molecule has 1 atom stereocenters. The molecular formula is C19H26N4O4. The lowest BCUT2D eigenvalue weighted by Crippen LogP contribution is -2.56. The van der Waals surface area contributed by atoms with E-state index < -0.39 is 11.2 Å². The molecule has 2 amide bonds. The molecule has 2 saturated heterocycles. The van der Waals surface area contributed by atoms with Gasteiger partial charge in [-0.15, -0.1) is 0 Å². The topological polar surface area (TPSA) is 84.6 Å². The summed E-state index contributed by atoms with van der Waals surface area (Å²) >= 11 is 0. The zero-order chi connectivity index (χ0) is 19.3. The average Bonchev–Trinajstić information content (AvgIpc) is 3.50. The molecule has 0 N–H and O–H groups in total. The molecule has 8 heteroatoms. The fourth-order valence-electron chi connectivity index (χ4n) is 4.58. The van der Waals surface area contributed by atoms with Gasteiger partial charge in [-0.05, 0) is 32.1 Å². The van der Waals surface area contributed by atoms with Crippen LogP contribution >= 0.6 is 0 Å². The molecule has 2 aliphatic heterocycles. The number of carbonyl (C=O) groups is 2. The van der Waals surface area contributed by atoms with Gasteiger partial charge in [0, 0.05) is 57.7 Å². The van der Waals surface area contributed by atoms with E-state index >= 15 is 0 Å².